The summed E-state index contributed by atoms with van der Waals surface area (Å²) in [4.78, 5) is 11.9. The smallest absolute Gasteiger partial charge is 0.319 e. The Hall–Kier alpha value is -2.31. The Labute approximate surface area is 144 Å². The number of rotatable bonds is 6. The van der Waals surface area contributed by atoms with Crippen molar-refractivity contribution >= 4 is 23.3 Å². The van der Waals surface area contributed by atoms with E-state index in [1.54, 1.807) is 24.3 Å². The Kier molecular flexibility index (Phi) is 6.40. The topological polar surface area (TPSA) is 70.6 Å². The van der Waals surface area contributed by atoms with Gasteiger partial charge in [-0.1, -0.05) is 29.8 Å². The normalized spacial score (nSPS) is 11.7. The third kappa shape index (κ3) is 4.84. The van der Waals surface area contributed by atoms with Crippen molar-refractivity contribution in [2.45, 2.75) is 13.0 Å². The minimum atomic E-state index is -1.14. The van der Waals surface area contributed by atoms with Gasteiger partial charge in [-0.2, -0.15) is 0 Å². The fourth-order valence-electron chi connectivity index (χ4n) is 2.07. The molecule has 5 nitrogen and oxygen atoms in total. The molecular weight excluding hydrogens is 335 g/mol. The Morgan fingerprint density at radius 1 is 1.33 bits per heavy atom. The maximum absolute atomic E-state index is 13.5. The third-order valence-electron chi connectivity index (χ3n) is 3.21. The first-order valence-electron chi connectivity index (χ1n) is 7.41. The Bertz CT molecular complexity index is 712. The summed E-state index contributed by atoms with van der Waals surface area (Å²) in [6, 6.07) is 10.2. The molecule has 0 radical (unpaired) electrons. The fourth-order valence-corrected chi connectivity index (χ4v) is 2.31. The van der Waals surface area contributed by atoms with Gasteiger partial charge in [0.15, 0.2) is 0 Å². The summed E-state index contributed by atoms with van der Waals surface area (Å²) in [7, 11) is 0. The van der Waals surface area contributed by atoms with Gasteiger partial charge in [0.25, 0.3) is 0 Å². The number of benzene rings is 2. The molecule has 0 fully saturated rings. The van der Waals surface area contributed by atoms with Gasteiger partial charge in [0.2, 0.25) is 0 Å². The number of urea groups is 1. The molecule has 0 aromatic heterocycles. The number of amides is 2. The Morgan fingerprint density at radius 3 is 2.75 bits per heavy atom. The van der Waals surface area contributed by atoms with E-state index in [-0.39, 0.29) is 12.1 Å². The van der Waals surface area contributed by atoms with Crippen molar-refractivity contribution in [3.63, 3.8) is 0 Å². The lowest BCUT2D eigenvalue weighted by Gasteiger charge is -2.14. The SMILES string of the molecule is CCOc1ccc(NC(=O)NCC(O)c2ccccc2F)cc1Cl. The Morgan fingerprint density at radius 2 is 2.08 bits per heavy atom. The maximum Gasteiger partial charge on any atom is 0.319 e. The van der Waals surface area contributed by atoms with E-state index in [0.29, 0.717) is 23.1 Å². The summed E-state index contributed by atoms with van der Waals surface area (Å²) in [5.41, 5.74) is 0.600. The number of halogens is 2. The van der Waals surface area contributed by atoms with Gasteiger partial charge in [-0.15, -0.1) is 0 Å². The highest BCUT2D eigenvalue weighted by Gasteiger charge is 2.13. The average Bonchev–Trinajstić information content (AvgIpc) is 2.56. The van der Waals surface area contributed by atoms with E-state index in [0.717, 1.165) is 0 Å². The third-order valence-corrected chi connectivity index (χ3v) is 3.51. The highest BCUT2D eigenvalue weighted by atomic mass is 35.5. The first kappa shape index (κ1) is 18.0. The number of carbonyl (C=O) groups excluding carboxylic acids is 1. The number of ether oxygens (including phenoxy) is 1. The number of hydrogen-bond donors (Lipinski definition) is 3. The summed E-state index contributed by atoms with van der Waals surface area (Å²) in [6.45, 7) is 2.20. The molecular formula is C17H18ClFN2O3. The van der Waals surface area contributed by atoms with Crippen molar-refractivity contribution < 1.29 is 19.0 Å². The molecule has 2 rings (SSSR count). The number of nitrogens with one attached hydrogen (secondary N) is 2. The predicted octanol–water partition coefficient (Wildman–Crippen LogP) is 3.73. The summed E-state index contributed by atoms with van der Waals surface area (Å²) >= 11 is 6.04. The molecule has 128 valence electrons. The van der Waals surface area contributed by atoms with Gasteiger partial charge < -0.3 is 20.5 Å². The first-order chi connectivity index (χ1) is 11.5. The van der Waals surface area contributed by atoms with Gasteiger partial charge in [0.1, 0.15) is 11.6 Å². The van der Waals surface area contributed by atoms with Crippen molar-refractivity contribution in [1.29, 1.82) is 0 Å². The molecule has 0 heterocycles. The molecule has 0 aliphatic carbocycles. The van der Waals surface area contributed by atoms with E-state index < -0.39 is 18.0 Å². The van der Waals surface area contributed by atoms with E-state index >= 15 is 0 Å². The van der Waals surface area contributed by atoms with Gasteiger partial charge in [-0.05, 0) is 31.2 Å². The first-order valence-corrected chi connectivity index (χ1v) is 7.78. The van der Waals surface area contributed by atoms with Crippen LogP contribution in [0.15, 0.2) is 42.5 Å². The zero-order chi connectivity index (χ0) is 17.5. The van der Waals surface area contributed by atoms with Crippen LogP contribution in [0.5, 0.6) is 5.75 Å². The van der Waals surface area contributed by atoms with Crippen LogP contribution in [-0.4, -0.2) is 24.3 Å². The minimum Gasteiger partial charge on any atom is -0.492 e. The number of hydrogen-bond acceptors (Lipinski definition) is 3. The van der Waals surface area contributed by atoms with Gasteiger partial charge in [-0.3, -0.25) is 0 Å². The molecule has 0 saturated heterocycles. The maximum atomic E-state index is 13.5. The van der Waals surface area contributed by atoms with Crippen molar-refractivity contribution in [2.24, 2.45) is 0 Å². The number of carbonyl (C=O) groups is 1. The Balaban J connectivity index is 1.89. The second-order valence-electron chi connectivity index (χ2n) is 4.95. The van der Waals surface area contributed by atoms with Crippen molar-refractivity contribution in [1.82, 2.24) is 5.32 Å². The quantitative estimate of drug-likeness (QED) is 0.741. The molecule has 0 bridgehead atoms. The van der Waals surface area contributed by atoms with Gasteiger partial charge in [0, 0.05) is 17.8 Å². The number of anilines is 1. The molecule has 2 aromatic rings. The number of aliphatic hydroxyl groups excluding tert-OH is 1. The van der Waals surface area contributed by atoms with Gasteiger partial charge in [-0.25, -0.2) is 9.18 Å². The highest BCUT2D eigenvalue weighted by molar-refractivity contribution is 6.32. The summed E-state index contributed by atoms with van der Waals surface area (Å²) in [5.74, 6) is 0.00519. The van der Waals surface area contributed by atoms with E-state index in [9.17, 15) is 14.3 Å². The van der Waals surface area contributed by atoms with Crippen LogP contribution >= 0.6 is 11.6 Å². The van der Waals surface area contributed by atoms with E-state index in [2.05, 4.69) is 10.6 Å². The molecule has 0 aliphatic rings. The van der Waals surface area contributed by atoms with E-state index in [4.69, 9.17) is 16.3 Å². The van der Waals surface area contributed by atoms with Crippen LogP contribution in [0.1, 0.15) is 18.6 Å². The van der Waals surface area contributed by atoms with Crippen molar-refractivity contribution in [3.8, 4) is 5.75 Å². The molecule has 3 N–H and O–H groups in total. The number of aliphatic hydroxyl groups is 1. The molecule has 0 saturated carbocycles. The molecule has 2 aromatic carbocycles. The molecule has 24 heavy (non-hydrogen) atoms. The van der Waals surface area contributed by atoms with Crippen LogP contribution < -0.4 is 15.4 Å². The average molecular weight is 353 g/mol. The lowest BCUT2D eigenvalue weighted by molar-refractivity contribution is 0.170. The van der Waals surface area contributed by atoms with Crippen molar-refractivity contribution in [2.75, 3.05) is 18.5 Å². The molecule has 2 amide bonds. The van der Waals surface area contributed by atoms with E-state index in [1.165, 1.54) is 18.2 Å². The zero-order valence-corrected chi connectivity index (χ0v) is 13.8. The zero-order valence-electron chi connectivity index (χ0n) is 13.1. The summed E-state index contributed by atoms with van der Waals surface area (Å²) < 4.78 is 18.8. The van der Waals surface area contributed by atoms with Crippen molar-refractivity contribution in [3.05, 3.63) is 58.9 Å². The van der Waals surface area contributed by atoms with E-state index in [1.807, 2.05) is 6.92 Å². The van der Waals surface area contributed by atoms with Crippen LogP contribution in [-0.2, 0) is 0 Å². The largest absolute Gasteiger partial charge is 0.492 e. The van der Waals surface area contributed by atoms with Crippen LogP contribution in [0.2, 0.25) is 5.02 Å². The fraction of sp³-hybridized carbons (Fsp3) is 0.235. The van der Waals surface area contributed by atoms with Crippen LogP contribution in [0.4, 0.5) is 14.9 Å². The van der Waals surface area contributed by atoms with Crippen LogP contribution in [0.3, 0.4) is 0 Å². The predicted molar refractivity (Wildman–Crippen MR) is 91.0 cm³/mol. The molecule has 0 spiro atoms. The minimum absolute atomic E-state index is 0.127. The monoisotopic (exact) mass is 352 g/mol. The van der Waals surface area contributed by atoms with Crippen LogP contribution in [0, 0.1) is 5.82 Å². The summed E-state index contributed by atoms with van der Waals surface area (Å²) in [6.07, 6.45) is -1.14. The molecule has 1 atom stereocenters. The molecule has 0 aliphatic heterocycles. The molecule has 1 unspecified atom stereocenters. The van der Waals surface area contributed by atoms with Gasteiger partial charge >= 0.3 is 6.03 Å². The summed E-state index contributed by atoms with van der Waals surface area (Å²) in [5, 5.41) is 15.4. The second-order valence-corrected chi connectivity index (χ2v) is 5.36. The lowest BCUT2D eigenvalue weighted by Crippen LogP contribution is -2.32. The standard InChI is InChI=1S/C17H18ClFN2O3/c1-2-24-16-8-7-11(9-13(16)18)21-17(23)20-10-15(22)12-5-3-4-6-14(12)19/h3-9,15,22H,2,10H2,1H3,(H2,20,21,23). The highest BCUT2D eigenvalue weighted by Crippen LogP contribution is 2.27. The molecule has 7 heteroatoms. The lowest BCUT2D eigenvalue weighted by atomic mass is 10.1. The van der Waals surface area contributed by atoms with Crippen LogP contribution in [0.25, 0.3) is 0 Å². The second kappa shape index (κ2) is 8.52. The van der Waals surface area contributed by atoms with Gasteiger partial charge in [0.05, 0.1) is 17.7 Å².